The van der Waals surface area contributed by atoms with Crippen molar-refractivity contribution in [2.75, 3.05) is 12.3 Å². The van der Waals surface area contributed by atoms with Crippen LogP contribution < -0.4 is 5.73 Å². The van der Waals surface area contributed by atoms with Crippen molar-refractivity contribution in [1.82, 2.24) is 19.5 Å². The molecule has 3 atom stereocenters. The fraction of sp³-hybridized carbons (Fsp3) is 0.588. The Morgan fingerprint density at radius 2 is 2.24 bits per heavy atom. The van der Waals surface area contributed by atoms with Gasteiger partial charge < -0.3 is 20.7 Å². The van der Waals surface area contributed by atoms with Crippen molar-refractivity contribution >= 4 is 23.1 Å². The molecule has 1 saturated heterocycles. The maximum absolute atomic E-state index is 10.1. The highest BCUT2D eigenvalue weighted by molar-refractivity contribution is 5.83. The molecule has 3 heterocycles. The molecule has 0 saturated carbocycles. The van der Waals surface area contributed by atoms with Gasteiger partial charge in [0.2, 0.25) is 0 Å². The minimum absolute atomic E-state index is 0.233. The molecule has 0 aliphatic carbocycles. The highest BCUT2D eigenvalue weighted by Crippen LogP contribution is 2.33. The largest absolute Gasteiger partial charge is 0.394 e. The molecule has 8 nitrogen and oxygen atoms in total. The third kappa shape index (κ3) is 3.65. The molecule has 0 aromatic carbocycles. The molecule has 25 heavy (non-hydrogen) atoms. The zero-order valence-electron chi connectivity index (χ0n) is 14.4. The maximum atomic E-state index is 10.1. The molecule has 0 unspecified atom stereocenters. The molecule has 2 aromatic heterocycles. The van der Waals surface area contributed by atoms with Gasteiger partial charge in [0.15, 0.2) is 17.0 Å². The van der Waals surface area contributed by atoms with Crippen molar-refractivity contribution in [2.45, 2.75) is 57.5 Å². The van der Waals surface area contributed by atoms with Crippen LogP contribution in [0.15, 0.2) is 12.4 Å². The summed E-state index contributed by atoms with van der Waals surface area (Å²) in [5.74, 6) is 0.969. The lowest BCUT2D eigenvalue weighted by Crippen LogP contribution is -2.24. The predicted molar refractivity (Wildman–Crippen MR) is 94.5 cm³/mol. The summed E-state index contributed by atoms with van der Waals surface area (Å²) in [7, 11) is 0. The Labute approximate surface area is 146 Å². The number of aliphatic hydroxyl groups excluding tert-OH is 2. The molecular formula is C17H25N5O3. The van der Waals surface area contributed by atoms with Crippen LogP contribution in [-0.2, 0) is 4.74 Å². The van der Waals surface area contributed by atoms with Crippen LogP contribution in [0.1, 0.15) is 51.1 Å². The quantitative estimate of drug-likeness (QED) is 0.651. The van der Waals surface area contributed by atoms with Gasteiger partial charge >= 0.3 is 0 Å². The van der Waals surface area contributed by atoms with Gasteiger partial charge in [0.05, 0.1) is 12.7 Å². The Kier molecular flexibility index (Phi) is 5.62. The Hall–Kier alpha value is -2.03. The van der Waals surface area contributed by atoms with E-state index in [0.717, 1.165) is 12.8 Å². The Bertz CT molecular complexity index is 745. The highest BCUT2D eigenvalue weighted by atomic mass is 16.5. The molecule has 3 rings (SSSR count). The van der Waals surface area contributed by atoms with Crippen molar-refractivity contribution in [2.24, 2.45) is 0 Å². The Morgan fingerprint density at radius 3 is 2.96 bits per heavy atom. The third-order valence-electron chi connectivity index (χ3n) is 4.45. The van der Waals surface area contributed by atoms with E-state index in [1.807, 2.05) is 10.6 Å². The van der Waals surface area contributed by atoms with Gasteiger partial charge in [-0.15, -0.1) is 0 Å². The molecule has 4 N–H and O–H groups in total. The Balaban J connectivity index is 1.94. The average Bonchev–Trinajstić information content (AvgIpc) is 3.15. The summed E-state index contributed by atoms with van der Waals surface area (Å²) in [6, 6.07) is 0. The highest BCUT2D eigenvalue weighted by Gasteiger charge is 2.36. The number of aromatic nitrogens is 4. The topological polar surface area (TPSA) is 119 Å². The number of hydrogen-bond acceptors (Lipinski definition) is 7. The van der Waals surface area contributed by atoms with Crippen LogP contribution in [0.4, 0.5) is 5.82 Å². The number of aliphatic hydroxyl groups is 2. The van der Waals surface area contributed by atoms with E-state index in [1.165, 1.54) is 19.2 Å². The van der Waals surface area contributed by atoms with Gasteiger partial charge in [-0.05, 0) is 18.9 Å². The summed E-state index contributed by atoms with van der Waals surface area (Å²) in [6.45, 7) is 1.94. The molecule has 0 spiro atoms. The van der Waals surface area contributed by atoms with E-state index in [4.69, 9.17) is 10.5 Å². The maximum Gasteiger partial charge on any atom is 0.168 e. The summed E-state index contributed by atoms with van der Waals surface area (Å²) in [5, 5.41) is 19.4. The van der Waals surface area contributed by atoms with E-state index in [9.17, 15) is 10.2 Å². The number of anilines is 1. The SMILES string of the molecule is CCCCC/C=C\c1nc2c(N)ncnc2n1[C@H]1C[C@H](O)[C@@H](CO)O1. The van der Waals surface area contributed by atoms with Crippen molar-refractivity contribution in [3.63, 3.8) is 0 Å². The van der Waals surface area contributed by atoms with Crippen LogP contribution in [-0.4, -0.2) is 48.5 Å². The molecule has 1 aliphatic heterocycles. The molecule has 1 fully saturated rings. The standard InChI is InChI=1S/C17H25N5O3/c1-2-3-4-5-6-7-13-21-15-16(18)19-10-20-17(15)22(13)14-8-11(24)12(9-23)25-14/h6-7,10-12,14,23-24H,2-5,8-9H2,1H3,(H2,18,19,20)/b7-6-/t11-,12+,14+/m0/s1. The minimum Gasteiger partial charge on any atom is -0.394 e. The minimum atomic E-state index is -0.729. The lowest BCUT2D eigenvalue weighted by atomic mass is 10.2. The van der Waals surface area contributed by atoms with E-state index in [-0.39, 0.29) is 6.61 Å². The monoisotopic (exact) mass is 347 g/mol. The summed E-state index contributed by atoms with van der Waals surface area (Å²) in [6.07, 6.45) is 8.41. The number of nitrogens with two attached hydrogens (primary N) is 1. The predicted octanol–water partition coefficient (Wildman–Crippen LogP) is 1.64. The number of nitrogens with zero attached hydrogens (tertiary/aromatic N) is 4. The molecule has 136 valence electrons. The van der Waals surface area contributed by atoms with Crippen LogP contribution >= 0.6 is 0 Å². The fourth-order valence-corrected chi connectivity index (χ4v) is 3.08. The summed E-state index contributed by atoms with van der Waals surface area (Å²) < 4.78 is 7.61. The molecular weight excluding hydrogens is 322 g/mol. The lowest BCUT2D eigenvalue weighted by molar-refractivity contribution is -0.0434. The number of imidazole rings is 1. The smallest absolute Gasteiger partial charge is 0.168 e. The zero-order valence-corrected chi connectivity index (χ0v) is 14.4. The van der Waals surface area contributed by atoms with Gasteiger partial charge in [-0.1, -0.05) is 25.8 Å². The van der Waals surface area contributed by atoms with Gasteiger partial charge in [0, 0.05) is 6.42 Å². The molecule has 1 aliphatic rings. The normalized spacial score (nSPS) is 23.9. The van der Waals surface area contributed by atoms with Crippen LogP contribution in [0.5, 0.6) is 0 Å². The first-order valence-electron chi connectivity index (χ1n) is 8.75. The Morgan fingerprint density at radius 1 is 1.40 bits per heavy atom. The number of nitrogen functional groups attached to an aromatic ring is 1. The first-order chi connectivity index (χ1) is 12.2. The summed E-state index contributed by atoms with van der Waals surface area (Å²) >= 11 is 0. The van der Waals surface area contributed by atoms with Gasteiger partial charge in [-0.25, -0.2) is 15.0 Å². The average molecular weight is 347 g/mol. The fourth-order valence-electron chi connectivity index (χ4n) is 3.08. The number of unbranched alkanes of at least 4 members (excludes halogenated alkanes) is 3. The van der Waals surface area contributed by atoms with E-state index >= 15 is 0 Å². The second-order valence-corrected chi connectivity index (χ2v) is 6.28. The number of hydrogen-bond donors (Lipinski definition) is 3. The third-order valence-corrected chi connectivity index (χ3v) is 4.45. The molecule has 0 radical (unpaired) electrons. The first-order valence-corrected chi connectivity index (χ1v) is 8.75. The van der Waals surface area contributed by atoms with Crippen molar-refractivity contribution < 1.29 is 14.9 Å². The van der Waals surface area contributed by atoms with Crippen LogP contribution in [0.2, 0.25) is 0 Å². The second-order valence-electron chi connectivity index (χ2n) is 6.28. The number of fused-ring (bicyclic) bond motifs is 1. The lowest BCUT2D eigenvalue weighted by Gasteiger charge is -2.15. The zero-order chi connectivity index (χ0) is 17.8. The van der Waals surface area contributed by atoms with Crippen LogP contribution in [0.3, 0.4) is 0 Å². The number of rotatable bonds is 7. The number of allylic oxidation sites excluding steroid dienone is 1. The van der Waals surface area contributed by atoms with Crippen molar-refractivity contribution in [3.8, 4) is 0 Å². The number of ether oxygens (including phenoxy) is 1. The summed E-state index contributed by atoms with van der Waals surface area (Å²) in [5.41, 5.74) is 7.01. The van der Waals surface area contributed by atoms with E-state index < -0.39 is 18.4 Å². The van der Waals surface area contributed by atoms with Crippen LogP contribution in [0.25, 0.3) is 17.2 Å². The molecule has 0 bridgehead atoms. The van der Waals surface area contributed by atoms with Crippen molar-refractivity contribution in [3.05, 3.63) is 18.2 Å². The molecule has 8 heteroatoms. The van der Waals surface area contributed by atoms with Crippen molar-refractivity contribution in [1.29, 1.82) is 0 Å². The van der Waals surface area contributed by atoms with Crippen LogP contribution in [0, 0.1) is 0 Å². The van der Waals surface area contributed by atoms with Gasteiger partial charge in [0.1, 0.15) is 24.5 Å². The summed E-state index contributed by atoms with van der Waals surface area (Å²) in [4.78, 5) is 12.8. The molecule has 2 aromatic rings. The first kappa shape index (κ1) is 17.8. The van der Waals surface area contributed by atoms with E-state index in [0.29, 0.717) is 29.2 Å². The van der Waals surface area contributed by atoms with E-state index in [1.54, 1.807) is 0 Å². The van der Waals surface area contributed by atoms with Gasteiger partial charge in [0.25, 0.3) is 0 Å². The van der Waals surface area contributed by atoms with Gasteiger partial charge in [-0.3, -0.25) is 4.57 Å². The second kappa shape index (κ2) is 7.90. The van der Waals surface area contributed by atoms with E-state index in [2.05, 4.69) is 28.0 Å². The molecule has 0 amide bonds. The van der Waals surface area contributed by atoms with Gasteiger partial charge in [-0.2, -0.15) is 0 Å².